The number of nitrogens with one attached hydrogen (secondary N) is 1. The average Bonchev–Trinajstić information content (AvgIpc) is 3.08. The van der Waals surface area contributed by atoms with Crippen molar-refractivity contribution in [1.82, 2.24) is 10.3 Å². The highest BCUT2D eigenvalue weighted by Crippen LogP contribution is 2.30. The van der Waals surface area contributed by atoms with Crippen LogP contribution in [0.4, 0.5) is 10.9 Å². The van der Waals surface area contributed by atoms with Gasteiger partial charge in [0.2, 0.25) is 0 Å². The highest BCUT2D eigenvalue weighted by Gasteiger charge is 2.23. The quantitative estimate of drug-likeness (QED) is 0.803. The number of nitrogens with zero attached hydrogens (tertiary/aromatic N) is 2. The molecule has 1 aromatic heterocycles. The van der Waals surface area contributed by atoms with Gasteiger partial charge < -0.3 is 20.7 Å². The van der Waals surface area contributed by atoms with Gasteiger partial charge in [0.15, 0.2) is 5.13 Å². The summed E-state index contributed by atoms with van der Waals surface area (Å²) in [6.45, 7) is 4.59. The highest BCUT2D eigenvalue weighted by atomic mass is 32.1. The topological polar surface area (TPSA) is 80.5 Å². The van der Waals surface area contributed by atoms with Crippen molar-refractivity contribution in [3.8, 4) is 0 Å². The summed E-state index contributed by atoms with van der Waals surface area (Å²) in [4.78, 5) is 19.4. The molecule has 0 bridgehead atoms. The fraction of sp³-hybridized carbons (Fsp3) is 0.714. The maximum absolute atomic E-state index is 12.4. The third-order valence-corrected chi connectivity index (χ3v) is 4.70. The van der Waals surface area contributed by atoms with Gasteiger partial charge >= 0.3 is 0 Å². The van der Waals surface area contributed by atoms with Gasteiger partial charge in [-0.2, -0.15) is 0 Å². The number of carbonyl (C=O) groups excluding carboxylic acids is 1. The second-order valence-electron chi connectivity index (χ2n) is 5.32. The lowest BCUT2D eigenvalue weighted by Gasteiger charge is -2.16. The van der Waals surface area contributed by atoms with Gasteiger partial charge in [-0.15, -0.1) is 0 Å². The standard InChI is InChI=1S/C14H24N4O2S/c1-3-6-10(9-20-2)16-13(19)11-12(15)17-14(21-11)18-7-4-5-8-18/h10H,3-9,15H2,1-2H3,(H,16,19). The van der Waals surface area contributed by atoms with Crippen LogP contribution in [-0.4, -0.2) is 43.7 Å². The maximum atomic E-state index is 12.4. The molecule has 1 unspecified atom stereocenters. The van der Waals surface area contributed by atoms with Crippen LogP contribution in [0, 0.1) is 0 Å². The largest absolute Gasteiger partial charge is 0.383 e. The molecule has 0 aliphatic carbocycles. The van der Waals surface area contributed by atoms with Crippen LogP contribution >= 0.6 is 11.3 Å². The van der Waals surface area contributed by atoms with E-state index in [-0.39, 0.29) is 11.9 Å². The molecule has 0 saturated carbocycles. The summed E-state index contributed by atoms with van der Waals surface area (Å²) in [5.41, 5.74) is 5.91. The Kier molecular flexibility index (Phi) is 5.81. The van der Waals surface area contributed by atoms with E-state index >= 15 is 0 Å². The number of carbonyl (C=O) groups is 1. The van der Waals surface area contributed by atoms with Gasteiger partial charge in [0.25, 0.3) is 5.91 Å². The number of hydrogen-bond acceptors (Lipinski definition) is 6. The summed E-state index contributed by atoms with van der Waals surface area (Å²) < 4.78 is 5.14. The molecule has 1 fully saturated rings. The normalized spacial score (nSPS) is 16.2. The van der Waals surface area contributed by atoms with Gasteiger partial charge in [0, 0.05) is 20.2 Å². The fourth-order valence-electron chi connectivity index (χ4n) is 2.52. The lowest BCUT2D eigenvalue weighted by Crippen LogP contribution is -2.37. The Morgan fingerprint density at radius 2 is 2.24 bits per heavy atom. The summed E-state index contributed by atoms with van der Waals surface area (Å²) in [6.07, 6.45) is 4.23. The van der Waals surface area contributed by atoms with Crippen LogP contribution in [0.3, 0.4) is 0 Å². The number of ether oxygens (including phenoxy) is 1. The molecule has 1 saturated heterocycles. The van der Waals surface area contributed by atoms with Crippen molar-refractivity contribution in [3.63, 3.8) is 0 Å². The lowest BCUT2D eigenvalue weighted by atomic mass is 10.2. The van der Waals surface area contributed by atoms with Crippen molar-refractivity contribution < 1.29 is 9.53 Å². The summed E-state index contributed by atoms with van der Waals surface area (Å²) in [6, 6.07) is 0.0178. The minimum Gasteiger partial charge on any atom is -0.383 e. The van der Waals surface area contributed by atoms with Gasteiger partial charge in [0.1, 0.15) is 10.7 Å². The van der Waals surface area contributed by atoms with E-state index in [0.29, 0.717) is 17.3 Å². The summed E-state index contributed by atoms with van der Waals surface area (Å²) >= 11 is 1.38. The molecule has 6 nitrogen and oxygen atoms in total. The molecule has 2 heterocycles. The third kappa shape index (κ3) is 4.07. The zero-order valence-electron chi connectivity index (χ0n) is 12.7. The monoisotopic (exact) mass is 312 g/mol. The van der Waals surface area contributed by atoms with Crippen molar-refractivity contribution in [2.45, 2.75) is 38.6 Å². The molecule has 3 N–H and O–H groups in total. The van der Waals surface area contributed by atoms with Crippen molar-refractivity contribution in [3.05, 3.63) is 4.88 Å². The van der Waals surface area contributed by atoms with E-state index in [9.17, 15) is 4.79 Å². The van der Waals surface area contributed by atoms with Crippen LogP contribution in [0.25, 0.3) is 0 Å². The van der Waals surface area contributed by atoms with Crippen molar-refractivity contribution >= 4 is 28.2 Å². The van der Waals surface area contributed by atoms with Crippen molar-refractivity contribution in [2.75, 3.05) is 37.4 Å². The Labute approximate surface area is 129 Å². The van der Waals surface area contributed by atoms with Crippen LogP contribution in [0.15, 0.2) is 0 Å². The number of methoxy groups -OCH3 is 1. The van der Waals surface area contributed by atoms with Crippen molar-refractivity contribution in [2.24, 2.45) is 0 Å². The molecule has 1 atom stereocenters. The minimum atomic E-state index is -0.147. The van der Waals surface area contributed by atoms with Gasteiger partial charge in [-0.25, -0.2) is 4.98 Å². The van der Waals surface area contributed by atoms with E-state index in [0.717, 1.165) is 31.1 Å². The molecule has 1 aromatic rings. The van der Waals surface area contributed by atoms with E-state index in [4.69, 9.17) is 10.5 Å². The summed E-state index contributed by atoms with van der Waals surface area (Å²) in [5, 5.41) is 3.84. The smallest absolute Gasteiger partial charge is 0.265 e. The molecule has 1 aliphatic heterocycles. The lowest BCUT2D eigenvalue weighted by molar-refractivity contribution is 0.0896. The molecular weight excluding hydrogens is 288 g/mol. The number of amides is 1. The van der Waals surface area contributed by atoms with Gasteiger partial charge in [-0.05, 0) is 19.3 Å². The van der Waals surface area contributed by atoms with Crippen molar-refractivity contribution in [1.29, 1.82) is 0 Å². The average molecular weight is 312 g/mol. The van der Waals surface area contributed by atoms with E-state index in [1.54, 1.807) is 7.11 Å². The molecule has 1 aliphatic rings. The molecule has 0 spiro atoms. The van der Waals surface area contributed by atoms with E-state index in [2.05, 4.69) is 22.1 Å². The first-order valence-corrected chi connectivity index (χ1v) is 8.28. The number of aromatic nitrogens is 1. The molecule has 7 heteroatoms. The van der Waals surface area contributed by atoms with Crippen LogP contribution in [0.2, 0.25) is 0 Å². The Hall–Kier alpha value is -1.34. The zero-order valence-corrected chi connectivity index (χ0v) is 13.5. The van der Waals surface area contributed by atoms with Crippen LogP contribution < -0.4 is 16.0 Å². The van der Waals surface area contributed by atoms with Crippen LogP contribution in [0.1, 0.15) is 42.3 Å². The highest BCUT2D eigenvalue weighted by molar-refractivity contribution is 7.18. The predicted octanol–water partition coefficient (Wildman–Crippen LogP) is 1.87. The Bertz CT molecular complexity index is 466. The predicted molar refractivity (Wildman–Crippen MR) is 86.0 cm³/mol. The first-order valence-electron chi connectivity index (χ1n) is 7.46. The molecule has 118 valence electrons. The first-order chi connectivity index (χ1) is 10.2. The molecule has 21 heavy (non-hydrogen) atoms. The van der Waals surface area contributed by atoms with Gasteiger partial charge in [0.05, 0.1) is 12.6 Å². The molecule has 2 rings (SSSR count). The van der Waals surface area contributed by atoms with Crippen LogP contribution in [0.5, 0.6) is 0 Å². The molecular formula is C14H24N4O2S. The molecule has 1 amide bonds. The maximum Gasteiger partial charge on any atom is 0.265 e. The summed E-state index contributed by atoms with van der Waals surface area (Å²) in [7, 11) is 1.64. The van der Waals surface area contributed by atoms with Gasteiger partial charge in [-0.1, -0.05) is 24.7 Å². The number of hydrogen-bond donors (Lipinski definition) is 2. The summed E-state index contributed by atoms with van der Waals surface area (Å²) in [5.74, 6) is 0.179. The van der Waals surface area contributed by atoms with E-state index < -0.39 is 0 Å². The second-order valence-corrected chi connectivity index (χ2v) is 6.30. The molecule has 0 radical (unpaired) electrons. The third-order valence-electron chi connectivity index (χ3n) is 3.57. The van der Waals surface area contributed by atoms with E-state index in [1.165, 1.54) is 24.2 Å². The number of nitrogens with two attached hydrogens (primary N) is 1. The van der Waals surface area contributed by atoms with E-state index in [1.807, 2.05) is 0 Å². The Morgan fingerprint density at radius 3 is 2.86 bits per heavy atom. The Balaban J connectivity index is 2.04. The SMILES string of the molecule is CCCC(COC)NC(=O)c1sc(N2CCCC2)nc1N. The first kappa shape index (κ1) is 16.0. The zero-order chi connectivity index (χ0) is 15.2. The fourth-order valence-corrected chi connectivity index (χ4v) is 3.46. The Morgan fingerprint density at radius 1 is 1.52 bits per heavy atom. The van der Waals surface area contributed by atoms with Gasteiger partial charge in [-0.3, -0.25) is 4.79 Å². The molecule has 0 aromatic carbocycles. The minimum absolute atomic E-state index is 0.0178. The second kappa shape index (κ2) is 7.61. The number of anilines is 2. The van der Waals surface area contributed by atoms with Crippen LogP contribution in [-0.2, 0) is 4.74 Å². The number of thiazole rings is 1. The number of rotatable bonds is 7. The number of nitrogen functional groups attached to an aromatic ring is 1.